The fraction of sp³-hybridized carbons (Fsp3) is 0.286. The summed E-state index contributed by atoms with van der Waals surface area (Å²) in [6.07, 6.45) is 0. The number of ether oxygens (including phenoxy) is 1. The summed E-state index contributed by atoms with van der Waals surface area (Å²) in [5.74, 6) is -0.267. The summed E-state index contributed by atoms with van der Waals surface area (Å²) in [6, 6.07) is 19.8. The molecule has 3 aromatic carbocycles. The molecule has 3 aromatic rings. The summed E-state index contributed by atoms with van der Waals surface area (Å²) in [6.45, 7) is 4.95. The first-order valence-corrected chi connectivity index (χ1v) is 13.3. The van der Waals surface area contributed by atoms with Gasteiger partial charge < -0.3 is 15.0 Å². The molecule has 0 spiro atoms. The Bertz CT molecular complexity index is 1360. The molecule has 0 aromatic heterocycles. The lowest BCUT2D eigenvalue weighted by Gasteiger charge is -2.32. The molecule has 0 heterocycles. The molecule has 0 fully saturated rings. The van der Waals surface area contributed by atoms with Crippen molar-refractivity contribution in [2.24, 2.45) is 0 Å². The number of aryl methyl sites for hydroxylation is 2. The molecule has 1 unspecified atom stereocenters. The van der Waals surface area contributed by atoms with Gasteiger partial charge in [0.2, 0.25) is 11.8 Å². The average Bonchev–Trinajstić information content (AvgIpc) is 2.89. The molecule has 0 saturated heterocycles. The Morgan fingerprint density at radius 3 is 2.24 bits per heavy atom. The topological polar surface area (TPSA) is 96.0 Å². The SMILES string of the molecule is CNC(=O)C(C)N(Cc1cccc(OC)c1)C(=O)CN(c1cccc(C)c1)S(=O)(=O)c1ccc(C)cc1. The van der Waals surface area contributed by atoms with E-state index in [0.29, 0.717) is 11.4 Å². The molecule has 9 heteroatoms. The minimum absolute atomic E-state index is 0.0751. The van der Waals surface area contributed by atoms with E-state index in [2.05, 4.69) is 5.32 Å². The summed E-state index contributed by atoms with van der Waals surface area (Å²) < 4.78 is 33.9. The largest absolute Gasteiger partial charge is 0.497 e. The number of amides is 2. The van der Waals surface area contributed by atoms with E-state index in [-0.39, 0.29) is 17.3 Å². The third kappa shape index (κ3) is 6.68. The minimum atomic E-state index is -4.09. The van der Waals surface area contributed by atoms with Gasteiger partial charge in [0.25, 0.3) is 10.0 Å². The maximum atomic E-state index is 13.8. The van der Waals surface area contributed by atoms with Crippen molar-refractivity contribution in [3.8, 4) is 5.75 Å². The second kappa shape index (κ2) is 11.9. The maximum absolute atomic E-state index is 13.8. The maximum Gasteiger partial charge on any atom is 0.264 e. The summed E-state index contributed by atoms with van der Waals surface area (Å²) in [5.41, 5.74) is 2.87. The number of methoxy groups -OCH3 is 1. The Morgan fingerprint density at radius 2 is 1.62 bits per heavy atom. The van der Waals surface area contributed by atoms with Crippen LogP contribution in [0.15, 0.2) is 77.7 Å². The highest BCUT2D eigenvalue weighted by atomic mass is 32.2. The molecule has 37 heavy (non-hydrogen) atoms. The molecule has 3 rings (SSSR count). The third-order valence-electron chi connectivity index (χ3n) is 6.08. The number of nitrogens with zero attached hydrogens (tertiary/aromatic N) is 2. The number of hydrogen-bond acceptors (Lipinski definition) is 5. The average molecular weight is 524 g/mol. The van der Waals surface area contributed by atoms with Crippen LogP contribution in [0.3, 0.4) is 0 Å². The van der Waals surface area contributed by atoms with E-state index in [1.165, 1.54) is 24.1 Å². The van der Waals surface area contributed by atoms with Gasteiger partial charge >= 0.3 is 0 Å². The fourth-order valence-corrected chi connectivity index (χ4v) is 5.31. The lowest BCUT2D eigenvalue weighted by Crippen LogP contribution is -2.50. The quantitative estimate of drug-likeness (QED) is 0.438. The minimum Gasteiger partial charge on any atom is -0.497 e. The molecule has 1 N–H and O–H groups in total. The predicted octanol–water partition coefficient (Wildman–Crippen LogP) is 3.67. The lowest BCUT2D eigenvalue weighted by atomic mass is 10.1. The van der Waals surface area contributed by atoms with E-state index in [1.807, 2.05) is 26.0 Å². The lowest BCUT2D eigenvalue weighted by molar-refractivity contribution is -0.139. The first-order valence-electron chi connectivity index (χ1n) is 11.9. The molecule has 0 radical (unpaired) electrons. The van der Waals surface area contributed by atoms with Gasteiger partial charge in [0.05, 0.1) is 17.7 Å². The van der Waals surface area contributed by atoms with Crippen molar-refractivity contribution in [3.05, 3.63) is 89.5 Å². The van der Waals surface area contributed by atoms with Gasteiger partial charge in [-0.05, 0) is 68.3 Å². The van der Waals surface area contributed by atoms with Gasteiger partial charge in [-0.1, -0.05) is 42.0 Å². The molecule has 0 aliphatic carbocycles. The number of anilines is 1. The van der Waals surface area contributed by atoms with Crippen LogP contribution in [-0.2, 0) is 26.2 Å². The molecular weight excluding hydrogens is 490 g/mol. The molecule has 0 bridgehead atoms. The standard InChI is InChI=1S/C28H33N3O5S/c1-20-12-14-26(15-13-20)37(34,35)31(24-10-6-8-21(2)16-24)19-27(32)30(22(3)28(33)29-4)18-23-9-7-11-25(17-23)36-5/h6-17,22H,18-19H2,1-5H3,(H,29,33). The van der Waals surface area contributed by atoms with Crippen LogP contribution >= 0.6 is 0 Å². The zero-order chi connectivity index (χ0) is 27.2. The van der Waals surface area contributed by atoms with Crippen LogP contribution < -0.4 is 14.4 Å². The Balaban J connectivity index is 2.03. The molecule has 0 aliphatic rings. The smallest absolute Gasteiger partial charge is 0.264 e. The fourth-order valence-electron chi connectivity index (χ4n) is 3.91. The van der Waals surface area contributed by atoms with E-state index in [0.717, 1.165) is 21.0 Å². The first-order chi connectivity index (χ1) is 17.6. The van der Waals surface area contributed by atoms with Crippen molar-refractivity contribution in [2.75, 3.05) is 25.0 Å². The Hall–Kier alpha value is -3.85. The predicted molar refractivity (Wildman–Crippen MR) is 144 cm³/mol. The zero-order valence-electron chi connectivity index (χ0n) is 21.8. The van der Waals surface area contributed by atoms with E-state index in [4.69, 9.17) is 4.74 Å². The summed E-state index contributed by atoms with van der Waals surface area (Å²) >= 11 is 0. The van der Waals surface area contributed by atoms with Gasteiger partial charge in [-0.25, -0.2) is 8.42 Å². The third-order valence-corrected chi connectivity index (χ3v) is 7.87. The second-order valence-electron chi connectivity index (χ2n) is 8.83. The van der Waals surface area contributed by atoms with Crippen LogP contribution in [0.5, 0.6) is 5.75 Å². The number of rotatable bonds is 10. The number of likely N-dealkylation sites (N-methyl/N-ethyl adjacent to an activating group) is 1. The highest BCUT2D eigenvalue weighted by molar-refractivity contribution is 7.92. The van der Waals surface area contributed by atoms with Gasteiger partial charge in [-0.3, -0.25) is 13.9 Å². The van der Waals surface area contributed by atoms with Gasteiger partial charge in [0.1, 0.15) is 18.3 Å². The summed E-state index contributed by atoms with van der Waals surface area (Å²) in [7, 11) is -1.05. The second-order valence-corrected chi connectivity index (χ2v) is 10.7. The molecule has 8 nitrogen and oxygen atoms in total. The number of nitrogens with one attached hydrogen (secondary N) is 1. The molecule has 196 valence electrons. The van der Waals surface area contributed by atoms with Gasteiger partial charge in [0.15, 0.2) is 0 Å². The van der Waals surface area contributed by atoms with Crippen LogP contribution in [0, 0.1) is 13.8 Å². The van der Waals surface area contributed by atoms with Crippen LogP contribution in [0.4, 0.5) is 5.69 Å². The van der Waals surface area contributed by atoms with Crippen molar-refractivity contribution in [1.29, 1.82) is 0 Å². The number of sulfonamides is 1. The van der Waals surface area contributed by atoms with Crippen molar-refractivity contribution in [2.45, 2.75) is 38.3 Å². The van der Waals surface area contributed by atoms with Crippen molar-refractivity contribution in [1.82, 2.24) is 10.2 Å². The molecular formula is C28H33N3O5S. The van der Waals surface area contributed by atoms with Crippen molar-refractivity contribution >= 4 is 27.5 Å². The Morgan fingerprint density at radius 1 is 0.946 bits per heavy atom. The van der Waals surface area contributed by atoms with Crippen molar-refractivity contribution < 1.29 is 22.7 Å². The van der Waals surface area contributed by atoms with Crippen LogP contribution in [0.1, 0.15) is 23.6 Å². The summed E-state index contributed by atoms with van der Waals surface area (Å²) in [5, 5.41) is 2.57. The van der Waals surface area contributed by atoms with Gasteiger partial charge in [0, 0.05) is 13.6 Å². The molecule has 0 aliphatic heterocycles. The molecule has 0 saturated carbocycles. The number of benzene rings is 3. The van der Waals surface area contributed by atoms with E-state index in [9.17, 15) is 18.0 Å². The zero-order valence-corrected chi connectivity index (χ0v) is 22.6. The van der Waals surface area contributed by atoms with E-state index in [1.54, 1.807) is 62.6 Å². The highest BCUT2D eigenvalue weighted by Gasteiger charge is 2.32. The number of carbonyl (C=O) groups excluding carboxylic acids is 2. The summed E-state index contributed by atoms with van der Waals surface area (Å²) in [4.78, 5) is 27.8. The monoisotopic (exact) mass is 523 g/mol. The van der Waals surface area contributed by atoms with Crippen LogP contribution in [-0.4, -0.2) is 51.9 Å². The van der Waals surface area contributed by atoms with Gasteiger partial charge in [-0.2, -0.15) is 0 Å². The number of hydrogen-bond donors (Lipinski definition) is 1. The molecule has 1 atom stereocenters. The van der Waals surface area contributed by atoms with E-state index >= 15 is 0 Å². The first kappa shape index (κ1) is 27.7. The Kier molecular flexibility index (Phi) is 8.94. The Labute approximate surface area is 218 Å². The van der Waals surface area contributed by atoms with E-state index < -0.39 is 28.5 Å². The highest BCUT2D eigenvalue weighted by Crippen LogP contribution is 2.26. The van der Waals surface area contributed by atoms with Crippen molar-refractivity contribution in [3.63, 3.8) is 0 Å². The normalized spacial score (nSPS) is 11.9. The van der Waals surface area contributed by atoms with Crippen LogP contribution in [0.2, 0.25) is 0 Å². The van der Waals surface area contributed by atoms with Crippen LogP contribution in [0.25, 0.3) is 0 Å². The number of carbonyl (C=O) groups is 2. The molecule has 2 amide bonds. The van der Waals surface area contributed by atoms with Gasteiger partial charge in [-0.15, -0.1) is 0 Å².